The topological polar surface area (TPSA) is 21.7 Å². The van der Waals surface area contributed by atoms with Crippen molar-refractivity contribution in [2.45, 2.75) is 13.0 Å². The maximum absolute atomic E-state index is 5.83. The molecular weight excluding hydrogens is 222 g/mol. The highest BCUT2D eigenvalue weighted by molar-refractivity contribution is 7.59. The second kappa shape index (κ2) is 5.46. The lowest BCUT2D eigenvalue weighted by Gasteiger charge is -2.33. The molecule has 0 amide bonds. The van der Waals surface area contributed by atoms with Gasteiger partial charge in [-0.05, 0) is 24.6 Å². The minimum absolute atomic E-state index is 0. The van der Waals surface area contributed by atoms with Gasteiger partial charge in [0.1, 0.15) is 11.9 Å². The number of benzene rings is 1. The van der Waals surface area contributed by atoms with Gasteiger partial charge in [-0.1, -0.05) is 6.07 Å². The van der Waals surface area contributed by atoms with Crippen molar-refractivity contribution in [3.8, 4) is 5.75 Å². The molecule has 0 aromatic heterocycles. The Morgan fingerprint density at radius 2 is 2.25 bits per heavy atom. The van der Waals surface area contributed by atoms with E-state index < -0.39 is 0 Å². The van der Waals surface area contributed by atoms with E-state index in [0.29, 0.717) is 6.61 Å². The zero-order valence-electron chi connectivity index (χ0n) is 9.99. The van der Waals surface area contributed by atoms with Crippen LogP contribution in [0.3, 0.4) is 0 Å². The average Bonchev–Trinajstić information content (AvgIpc) is 2.20. The van der Waals surface area contributed by atoms with Crippen LogP contribution in [0.1, 0.15) is 5.56 Å². The number of ether oxygens (including phenoxy) is 2. The molecule has 1 aliphatic heterocycles. The van der Waals surface area contributed by atoms with Crippen molar-refractivity contribution in [1.82, 2.24) is 0 Å². The van der Waals surface area contributed by atoms with Crippen molar-refractivity contribution in [3.05, 3.63) is 23.8 Å². The highest BCUT2D eigenvalue weighted by Crippen LogP contribution is 2.33. The largest absolute Gasteiger partial charge is 0.484 e. The van der Waals surface area contributed by atoms with Gasteiger partial charge in [0.2, 0.25) is 0 Å². The Bertz CT molecular complexity index is 357. The van der Waals surface area contributed by atoms with E-state index in [9.17, 15) is 0 Å². The Kier molecular flexibility index (Phi) is 4.50. The van der Waals surface area contributed by atoms with Gasteiger partial charge in [0, 0.05) is 14.2 Å². The molecule has 4 heteroatoms. The van der Waals surface area contributed by atoms with E-state index in [1.165, 1.54) is 11.3 Å². The van der Waals surface area contributed by atoms with Crippen molar-refractivity contribution in [3.63, 3.8) is 0 Å². The number of hydrogen-bond acceptors (Lipinski definition) is 3. The van der Waals surface area contributed by atoms with Gasteiger partial charge in [0.15, 0.2) is 0 Å². The van der Waals surface area contributed by atoms with Crippen LogP contribution < -0.4 is 9.64 Å². The molecule has 2 rings (SSSR count). The molecular formula is C12H19NO2S. The summed E-state index contributed by atoms with van der Waals surface area (Å²) in [5, 5.41) is 0. The molecule has 0 spiro atoms. The summed E-state index contributed by atoms with van der Waals surface area (Å²) in [5.74, 6) is 0.955. The first-order chi connectivity index (χ1) is 7.20. The molecule has 1 heterocycles. The minimum atomic E-state index is 0. The lowest BCUT2D eigenvalue weighted by Crippen LogP contribution is -2.40. The van der Waals surface area contributed by atoms with E-state index in [1.807, 2.05) is 6.07 Å². The van der Waals surface area contributed by atoms with Crippen LogP contribution in [-0.2, 0) is 4.74 Å². The average molecular weight is 241 g/mol. The van der Waals surface area contributed by atoms with Crippen LogP contribution in [0.25, 0.3) is 0 Å². The molecule has 1 atom stereocenters. The normalized spacial score (nSPS) is 18.4. The lowest BCUT2D eigenvalue weighted by molar-refractivity contribution is 0.0801. The second-order valence-corrected chi connectivity index (χ2v) is 4.05. The molecule has 1 aromatic rings. The van der Waals surface area contributed by atoms with E-state index in [2.05, 4.69) is 31.0 Å². The minimum Gasteiger partial charge on any atom is -0.484 e. The maximum Gasteiger partial charge on any atom is 0.143 e. The zero-order chi connectivity index (χ0) is 10.8. The van der Waals surface area contributed by atoms with Gasteiger partial charge in [-0.15, -0.1) is 0 Å². The third kappa shape index (κ3) is 2.62. The van der Waals surface area contributed by atoms with E-state index in [-0.39, 0.29) is 19.6 Å². The number of rotatable bonds is 2. The van der Waals surface area contributed by atoms with Gasteiger partial charge >= 0.3 is 0 Å². The predicted molar refractivity (Wildman–Crippen MR) is 71.1 cm³/mol. The molecule has 0 radical (unpaired) electrons. The molecule has 3 nitrogen and oxygen atoms in total. The molecule has 1 aliphatic rings. The van der Waals surface area contributed by atoms with Crippen molar-refractivity contribution >= 4 is 19.2 Å². The Morgan fingerprint density at radius 3 is 2.94 bits per heavy atom. The maximum atomic E-state index is 5.83. The number of nitrogens with zero attached hydrogens (tertiary/aromatic N) is 1. The van der Waals surface area contributed by atoms with Crippen LogP contribution in [0, 0.1) is 6.92 Å². The zero-order valence-corrected chi connectivity index (χ0v) is 11.0. The summed E-state index contributed by atoms with van der Waals surface area (Å²) in [6, 6.07) is 6.25. The van der Waals surface area contributed by atoms with Gasteiger partial charge in [-0.2, -0.15) is 13.5 Å². The predicted octanol–water partition coefficient (Wildman–Crippen LogP) is 1.95. The van der Waals surface area contributed by atoms with Crippen LogP contribution in [0.15, 0.2) is 18.2 Å². The molecule has 0 N–H and O–H groups in total. The Hall–Kier alpha value is -0.870. The molecule has 0 bridgehead atoms. The number of likely N-dealkylation sites (N-methyl/N-ethyl adjacent to an activating group) is 1. The summed E-state index contributed by atoms with van der Waals surface area (Å²) in [6.45, 7) is 3.61. The fourth-order valence-electron chi connectivity index (χ4n) is 1.92. The molecule has 0 unspecified atom stereocenters. The van der Waals surface area contributed by atoms with Gasteiger partial charge in [0.25, 0.3) is 0 Å². The van der Waals surface area contributed by atoms with Gasteiger partial charge < -0.3 is 14.4 Å². The quantitative estimate of drug-likeness (QED) is 0.790. The van der Waals surface area contributed by atoms with Crippen molar-refractivity contribution in [2.75, 3.05) is 32.2 Å². The van der Waals surface area contributed by atoms with Crippen molar-refractivity contribution < 1.29 is 9.47 Å². The van der Waals surface area contributed by atoms with Crippen LogP contribution >= 0.6 is 13.5 Å². The van der Waals surface area contributed by atoms with Gasteiger partial charge in [-0.25, -0.2) is 0 Å². The summed E-state index contributed by atoms with van der Waals surface area (Å²) >= 11 is 0. The fourth-order valence-corrected chi connectivity index (χ4v) is 1.92. The second-order valence-electron chi connectivity index (χ2n) is 4.05. The van der Waals surface area contributed by atoms with Crippen LogP contribution in [-0.4, -0.2) is 33.4 Å². The van der Waals surface area contributed by atoms with E-state index in [0.717, 1.165) is 12.3 Å². The van der Waals surface area contributed by atoms with Crippen molar-refractivity contribution in [2.24, 2.45) is 0 Å². The third-order valence-electron chi connectivity index (χ3n) is 2.65. The Balaban J connectivity index is 0.00000128. The first kappa shape index (κ1) is 13.2. The standard InChI is InChI=1S/C12H17NO2.H2S/c1-9-4-5-12-11(6-9)13(2)7-10(15-12)8-14-3;/h4-6,10H,7-8H2,1-3H3;1H2/t10-;/m0./s1. The van der Waals surface area contributed by atoms with Crippen LogP contribution in [0.2, 0.25) is 0 Å². The summed E-state index contributed by atoms with van der Waals surface area (Å²) in [4.78, 5) is 2.22. The van der Waals surface area contributed by atoms with Crippen molar-refractivity contribution in [1.29, 1.82) is 0 Å². The van der Waals surface area contributed by atoms with Crippen LogP contribution in [0.4, 0.5) is 5.69 Å². The first-order valence-electron chi connectivity index (χ1n) is 5.18. The number of fused-ring (bicyclic) bond motifs is 1. The highest BCUT2D eigenvalue weighted by Gasteiger charge is 2.22. The molecule has 16 heavy (non-hydrogen) atoms. The number of hydrogen-bond donors (Lipinski definition) is 0. The summed E-state index contributed by atoms with van der Waals surface area (Å²) in [7, 11) is 3.79. The summed E-state index contributed by atoms with van der Waals surface area (Å²) in [6.07, 6.45) is 0.134. The highest BCUT2D eigenvalue weighted by atomic mass is 32.1. The van der Waals surface area contributed by atoms with E-state index in [4.69, 9.17) is 9.47 Å². The summed E-state index contributed by atoms with van der Waals surface area (Å²) < 4.78 is 10.9. The van der Waals surface area contributed by atoms with E-state index in [1.54, 1.807) is 7.11 Å². The van der Waals surface area contributed by atoms with Gasteiger partial charge in [0.05, 0.1) is 18.8 Å². The van der Waals surface area contributed by atoms with Gasteiger partial charge in [-0.3, -0.25) is 0 Å². The monoisotopic (exact) mass is 241 g/mol. The Labute approximate surface area is 104 Å². The smallest absolute Gasteiger partial charge is 0.143 e. The van der Waals surface area contributed by atoms with Crippen LogP contribution in [0.5, 0.6) is 5.75 Å². The molecule has 1 aromatic carbocycles. The lowest BCUT2D eigenvalue weighted by atomic mass is 10.1. The molecule has 0 saturated heterocycles. The first-order valence-corrected chi connectivity index (χ1v) is 5.18. The number of aryl methyl sites for hydroxylation is 1. The van der Waals surface area contributed by atoms with E-state index >= 15 is 0 Å². The Morgan fingerprint density at radius 1 is 1.50 bits per heavy atom. The number of methoxy groups -OCH3 is 1. The SMILES string of the molecule is COC[C@@H]1CN(C)c2cc(C)ccc2O1.S. The summed E-state index contributed by atoms with van der Waals surface area (Å²) in [5.41, 5.74) is 2.43. The molecule has 0 fully saturated rings. The number of anilines is 1. The third-order valence-corrected chi connectivity index (χ3v) is 2.65. The molecule has 90 valence electrons. The molecule has 0 saturated carbocycles. The molecule has 0 aliphatic carbocycles. The fraction of sp³-hybridized carbons (Fsp3) is 0.500.